The molecule has 0 aliphatic carbocycles. The van der Waals surface area contributed by atoms with Crippen LogP contribution in [0.25, 0.3) is 0 Å². The molecule has 106 valence electrons. The number of carbonyl (C=O) groups excluding carboxylic acids is 1. The molecule has 1 saturated heterocycles. The fraction of sp³-hybridized carbons (Fsp3) is 0.929. The first-order valence-electron chi connectivity index (χ1n) is 7.03. The maximum Gasteiger partial charge on any atom is 0.325 e. The van der Waals surface area contributed by atoms with Crippen LogP contribution in [-0.2, 0) is 9.53 Å². The van der Waals surface area contributed by atoms with Gasteiger partial charge in [-0.2, -0.15) is 0 Å². The lowest BCUT2D eigenvalue weighted by Gasteiger charge is -2.36. The molecule has 1 aliphatic heterocycles. The molecule has 4 heteroatoms. The van der Waals surface area contributed by atoms with Gasteiger partial charge in [-0.15, -0.1) is 0 Å². The van der Waals surface area contributed by atoms with Crippen molar-refractivity contribution < 1.29 is 9.53 Å². The lowest BCUT2D eigenvalue weighted by Crippen LogP contribution is -2.49. The quantitative estimate of drug-likeness (QED) is 0.760. The molecule has 1 fully saturated rings. The molecule has 0 saturated carbocycles. The van der Waals surface area contributed by atoms with Gasteiger partial charge in [-0.3, -0.25) is 4.79 Å². The second-order valence-electron chi connectivity index (χ2n) is 6.09. The highest BCUT2D eigenvalue weighted by atomic mass is 16.5. The number of hydrogen-bond acceptors (Lipinski definition) is 4. The van der Waals surface area contributed by atoms with E-state index >= 15 is 0 Å². The van der Waals surface area contributed by atoms with Crippen molar-refractivity contribution in [3.63, 3.8) is 0 Å². The van der Waals surface area contributed by atoms with E-state index in [2.05, 4.69) is 18.7 Å². The summed E-state index contributed by atoms with van der Waals surface area (Å²) in [6.07, 6.45) is 1.96. The van der Waals surface area contributed by atoms with Crippen molar-refractivity contribution in [3.8, 4) is 0 Å². The first kappa shape index (κ1) is 15.4. The predicted octanol–water partition coefficient (Wildman–Crippen LogP) is 1.63. The fourth-order valence-electron chi connectivity index (χ4n) is 2.76. The lowest BCUT2D eigenvalue weighted by molar-refractivity contribution is -0.149. The number of carbonyl (C=O) groups is 1. The first-order valence-corrected chi connectivity index (χ1v) is 7.03. The van der Waals surface area contributed by atoms with Crippen LogP contribution in [0.15, 0.2) is 0 Å². The zero-order valence-corrected chi connectivity index (χ0v) is 12.2. The van der Waals surface area contributed by atoms with Crippen molar-refractivity contribution in [2.45, 2.75) is 46.1 Å². The number of hydrogen-bond donors (Lipinski definition) is 1. The molecule has 0 spiro atoms. The summed E-state index contributed by atoms with van der Waals surface area (Å²) in [6, 6.07) is 0. The van der Waals surface area contributed by atoms with Crippen LogP contribution < -0.4 is 5.73 Å². The Labute approximate surface area is 111 Å². The lowest BCUT2D eigenvalue weighted by atomic mass is 9.91. The van der Waals surface area contributed by atoms with E-state index in [0.29, 0.717) is 13.0 Å². The summed E-state index contributed by atoms with van der Waals surface area (Å²) in [5, 5.41) is 0. The zero-order valence-electron chi connectivity index (χ0n) is 12.2. The van der Waals surface area contributed by atoms with E-state index in [1.165, 1.54) is 6.42 Å². The Morgan fingerprint density at radius 3 is 2.44 bits per heavy atom. The van der Waals surface area contributed by atoms with Gasteiger partial charge in [0, 0.05) is 19.6 Å². The molecule has 0 aromatic rings. The highest BCUT2D eigenvalue weighted by molar-refractivity contribution is 5.79. The Morgan fingerprint density at radius 1 is 1.39 bits per heavy atom. The standard InChI is InChI=1S/C14H28N2O2/c1-5-18-13(17)14(4,15)6-7-16-9-11(2)8-12(3)10-16/h11-12H,5-10,15H2,1-4H3. The number of likely N-dealkylation sites (tertiary alicyclic amines) is 1. The van der Waals surface area contributed by atoms with Gasteiger partial charge in [-0.25, -0.2) is 0 Å². The van der Waals surface area contributed by atoms with Gasteiger partial charge in [0.05, 0.1) is 6.61 Å². The van der Waals surface area contributed by atoms with Crippen molar-refractivity contribution in [2.24, 2.45) is 17.6 Å². The molecule has 18 heavy (non-hydrogen) atoms. The van der Waals surface area contributed by atoms with Gasteiger partial charge in [0.25, 0.3) is 0 Å². The van der Waals surface area contributed by atoms with Crippen LogP contribution in [-0.4, -0.2) is 42.6 Å². The minimum Gasteiger partial charge on any atom is -0.465 e. The fourth-order valence-corrected chi connectivity index (χ4v) is 2.76. The Balaban J connectivity index is 2.41. The van der Waals surface area contributed by atoms with Gasteiger partial charge in [-0.05, 0) is 38.5 Å². The van der Waals surface area contributed by atoms with Crippen LogP contribution in [0.4, 0.5) is 0 Å². The van der Waals surface area contributed by atoms with Gasteiger partial charge in [0.1, 0.15) is 5.54 Å². The van der Waals surface area contributed by atoms with Crippen LogP contribution in [0.5, 0.6) is 0 Å². The molecule has 0 aromatic heterocycles. The van der Waals surface area contributed by atoms with E-state index in [0.717, 1.165) is 31.5 Å². The van der Waals surface area contributed by atoms with Gasteiger partial charge in [0.15, 0.2) is 0 Å². The minimum absolute atomic E-state index is 0.289. The summed E-state index contributed by atoms with van der Waals surface area (Å²) in [5.41, 5.74) is 5.17. The van der Waals surface area contributed by atoms with E-state index in [1.54, 1.807) is 6.92 Å². The Kier molecular flexibility index (Phi) is 5.60. The molecular weight excluding hydrogens is 228 g/mol. The monoisotopic (exact) mass is 256 g/mol. The van der Waals surface area contributed by atoms with E-state index < -0.39 is 5.54 Å². The van der Waals surface area contributed by atoms with Crippen LogP contribution in [0.2, 0.25) is 0 Å². The SMILES string of the molecule is CCOC(=O)C(C)(N)CCN1CC(C)CC(C)C1. The van der Waals surface area contributed by atoms with Crippen molar-refractivity contribution in [1.29, 1.82) is 0 Å². The van der Waals surface area contributed by atoms with Crippen LogP contribution in [0.1, 0.15) is 40.5 Å². The number of ether oxygens (including phenoxy) is 1. The topological polar surface area (TPSA) is 55.6 Å². The van der Waals surface area contributed by atoms with Crippen molar-refractivity contribution in [1.82, 2.24) is 4.90 Å². The normalized spacial score (nSPS) is 28.7. The highest BCUT2D eigenvalue weighted by Gasteiger charge is 2.31. The maximum absolute atomic E-state index is 11.7. The van der Waals surface area contributed by atoms with Crippen molar-refractivity contribution in [3.05, 3.63) is 0 Å². The third-order valence-corrected chi connectivity index (χ3v) is 3.63. The first-order chi connectivity index (χ1) is 8.35. The number of esters is 1. The minimum atomic E-state index is -0.861. The predicted molar refractivity (Wildman–Crippen MR) is 73.2 cm³/mol. The Morgan fingerprint density at radius 2 is 1.94 bits per heavy atom. The van der Waals surface area contributed by atoms with E-state index in [9.17, 15) is 4.79 Å². The molecule has 0 bridgehead atoms. The summed E-state index contributed by atoms with van der Waals surface area (Å²) in [4.78, 5) is 14.1. The van der Waals surface area contributed by atoms with Crippen LogP contribution >= 0.6 is 0 Å². The van der Waals surface area contributed by atoms with Crippen molar-refractivity contribution in [2.75, 3.05) is 26.2 Å². The molecule has 0 aromatic carbocycles. The van der Waals surface area contributed by atoms with Crippen LogP contribution in [0, 0.1) is 11.8 Å². The Hall–Kier alpha value is -0.610. The number of rotatable bonds is 5. The van der Waals surface area contributed by atoms with Gasteiger partial charge >= 0.3 is 5.97 Å². The second kappa shape index (κ2) is 6.53. The van der Waals surface area contributed by atoms with E-state index in [4.69, 9.17) is 10.5 Å². The summed E-state index contributed by atoms with van der Waals surface area (Å²) in [5.74, 6) is 1.18. The van der Waals surface area contributed by atoms with Crippen molar-refractivity contribution >= 4 is 5.97 Å². The smallest absolute Gasteiger partial charge is 0.325 e. The Bertz CT molecular complexity index is 269. The second-order valence-corrected chi connectivity index (χ2v) is 6.09. The van der Waals surface area contributed by atoms with E-state index in [1.807, 2.05) is 6.92 Å². The maximum atomic E-state index is 11.7. The van der Waals surface area contributed by atoms with E-state index in [-0.39, 0.29) is 5.97 Å². The number of nitrogens with two attached hydrogens (primary N) is 1. The molecule has 3 atom stereocenters. The molecule has 2 N–H and O–H groups in total. The van der Waals surface area contributed by atoms with Crippen LogP contribution in [0.3, 0.4) is 0 Å². The molecule has 0 amide bonds. The molecule has 4 nitrogen and oxygen atoms in total. The zero-order chi connectivity index (χ0) is 13.8. The van der Waals surface area contributed by atoms with Gasteiger partial charge < -0.3 is 15.4 Å². The third kappa shape index (κ3) is 4.58. The average molecular weight is 256 g/mol. The summed E-state index contributed by atoms with van der Waals surface area (Å²) >= 11 is 0. The molecule has 1 aliphatic rings. The molecule has 1 heterocycles. The largest absolute Gasteiger partial charge is 0.465 e. The molecule has 0 radical (unpaired) electrons. The summed E-state index contributed by atoms with van der Waals surface area (Å²) in [7, 11) is 0. The van der Waals surface area contributed by atoms with Gasteiger partial charge in [0.2, 0.25) is 0 Å². The average Bonchev–Trinajstić information content (AvgIpc) is 2.25. The molecule has 1 rings (SSSR count). The summed E-state index contributed by atoms with van der Waals surface area (Å²) in [6.45, 7) is 11.6. The highest BCUT2D eigenvalue weighted by Crippen LogP contribution is 2.22. The summed E-state index contributed by atoms with van der Waals surface area (Å²) < 4.78 is 5.01. The number of piperidine rings is 1. The third-order valence-electron chi connectivity index (χ3n) is 3.63. The molecular formula is C14H28N2O2. The molecule has 3 unspecified atom stereocenters. The number of nitrogens with zero attached hydrogens (tertiary/aromatic N) is 1. The van der Waals surface area contributed by atoms with Gasteiger partial charge in [-0.1, -0.05) is 13.8 Å².